The number of anilines is 8. The van der Waals surface area contributed by atoms with Gasteiger partial charge in [-0.2, -0.15) is 0 Å². The fourth-order valence-corrected chi connectivity index (χ4v) is 14.6. The van der Waals surface area contributed by atoms with Crippen LogP contribution in [0, 0.1) is 20.8 Å². The summed E-state index contributed by atoms with van der Waals surface area (Å²) in [5.74, 6) is 0. The molecule has 0 spiro atoms. The van der Waals surface area contributed by atoms with Crippen LogP contribution in [-0.2, 0) is 27.1 Å². The molecule has 430 valence electrons. The topological polar surface area (TPSA) is 9.72 Å². The number of rotatable bonds is 7. The normalized spacial score (nSPS) is 14.1. The van der Waals surface area contributed by atoms with Gasteiger partial charge in [0.1, 0.15) is 0 Å². The van der Waals surface area contributed by atoms with Gasteiger partial charge in [0, 0.05) is 56.4 Å². The molecule has 0 radical (unpaired) electrons. The zero-order valence-electron chi connectivity index (χ0n) is 54.0. The van der Waals surface area contributed by atoms with Gasteiger partial charge in [-0.05, 0) is 210 Å². The van der Waals surface area contributed by atoms with E-state index in [4.69, 9.17) is 0 Å². The molecule has 86 heavy (non-hydrogen) atoms. The number of hydrogen-bond donors (Lipinski definition) is 0. The minimum atomic E-state index is -0.339. The maximum Gasteiger partial charge on any atom is 0.333 e. The molecule has 3 aliphatic rings. The highest BCUT2D eigenvalue weighted by atomic mass is 15.2. The smallest absolute Gasteiger partial charge is 0.333 e. The average molecular weight is 1120 g/mol. The second-order valence-corrected chi connectivity index (χ2v) is 29.7. The van der Waals surface area contributed by atoms with Crippen molar-refractivity contribution < 1.29 is 0 Å². The minimum absolute atomic E-state index is 0.00824. The van der Waals surface area contributed by atoms with Gasteiger partial charge in [0.15, 0.2) is 0 Å². The Morgan fingerprint density at radius 3 is 1.47 bits per heavy atom. The molecule has 2 aliphatic heterocycles. The van der Waals surface area contributed by atoms with Crippen molar-refractivity contribution in [1.29, 1.82) is 0 Å². The van der Waals surface area contributed by atoms with E-state index in [0.717, 1.165) is 22.7 Å². The summed E-state index contributed by atoms with van der Waals surface area (Å²) in [5.41, 5.74) is 33.4. The molecule has 10 aromatic carbocycles. The third kappa shape index (κ3) is 9.42. The van der Waals surface area contributed by atoms with E-state index in [1.165, 1.54) is 128 Å². The largest absolute Gasteiger partial charge is 0.376 e. The van der Waals surface area contributed by atoms with Crippen LogP contribution >= 0.6 is 0 Å². The molecule has 13 rings (SSSR count). The number of aryl methyl sites for hydroxylation is 3. The van der Waals surface area contributed by atoms with Crippen molar-refractivity contribution in [3.8, 4) is 44.5 Å². The second kappa shape index (κ2) is 20.1. The lowest BCUT2D eigenvalue weighted by atomic mass is 9.41. The number of nitrogens with zero attached hydrogens (tertiary/aromatic N) is 3. The first-order chi connectivity index (χ1) is 40.7. The Labute approximate surface area is 514 Å². The lowest BCUT2D eigenvalue weighted by Gasteiger charge is -2.48. The molecule has 0 atom stereocenters. The van der Waals surface area contributed by atoms with Crippen LogP contribution in [0.5, 0.6) is 0 Å². The Morgan fingerprint density at radius 2 is 0.884 bits per heavy atom. The van der Waals surface area contributed by atoms with Crippen molar-refractivity contribution in [2.45, 2.75) is 145 Å². The molecule has 0 unspecified atom stereocenters. The first kappa shape index (κ1) is 56.8. The van der Waals surface area contributed by atoms with Crippen LogP contribution in [0.15, 0.2) is 200 Å². The summed E-state index contributed by atoms with van der Waals surface area (Å²) in [5, 5.41) is 0. The Bertz CT molecular complexity index is 4230. The van der Waals surface area contributed by atoms with E-state index >= 15 is 0 Å². The van der Waals surface area contributed by atoms with Gasteiger partial charge in [-0.25, -0.2) is 0 Å². The molecule has 0 amide bonds. The number of benzene rings is 10. The summed E-state index contributed by atoms with van der Waals surface area (Å²) in [6, 6.07) is 78.0. The Hall–Kier alpha value is -8.34. The molecule has 0 saturated heterocycles. The van der Waals surface area contributed by atoms with Crippen LogP contribution in [-0.4, -0.2) is 6.85 Å². The molecule has 1 aliphatic carbocycles. The van der Waals surface area contributed by atoms with Crippen LogP contribution < -0.4 is 25.5 Å². The van der Waals surface area contributed by atoms with Crippen molar-refractivity contribution in [3.63, 3.8) is 0 Å². The predicted octanol–water partition coefficient (Wildman–Crippen LogP) is 21.6. The Kier molecular flexibility index (Phi) is 13.3. The van der Waals surface area contributed by atoms with E-state index in [9.17, 15) is 0 Å². The van der Waals surface area contributed by atoms with Gasteiger partial charge < -0.3 is 14.6 Å². The highest BCUT2D eigenvalue weighted by Gasteiger charge is 2.51. The van der Waals surface area contributed by atoms with E-state index in [0.29, 0.717) is 0 Å². The fourth-order valence-electron chi connectivity index (χ4n) is 14.6. The number of hydrogen-bond acceptors (Lipinski definition) is 3. The highest BCUT2D eigenvalue weighted by molar-refractivity contribution is 6.94. The summed E-state index contributed by atoms with van der Waals surface area (Å²) in [6.45, 7) is 39.3. The maximum atomic E-state index is 2.75. The van der Waals surface area contributed by atoms with Crippen LogP contribution in [0.3, 0.4) is 0 Å². The quantitative estimate of drug-likeness (QED) is 0.147. The van der Waals surface area contributed by atoms with Gasteiger partial charge in [-0.3, -0.25) is 0 Å². The van der Waals surface area contributed by atoms with Crippen LogP contribution in [0.1, 0.15) is 147 Å². The van der Waals surface area contributed by atoms with Crippen LogP contribution in [0.25, 0.3) is 44.5 Å². The molecule has 10 aromatic rings. The molecule has 0 fully saturated rings. The third-order valence-electron chi connectivity index (χ3n) is 19.1. The van der Waals surface area contributed by atoms with Gasteiger partial charge >= 0.3 is 6.85 Å². The van der Waals surface area contributed by atoms with E-state index in [1.807, 2.05) is 0 Å². The van der Waals surface area contributed by atoms with E-state index < -0.39 is 0 Å². The number of fused-ring (bicyclic) bond motifs is 8. The van der Waals surface area contributed by atoms with Gasteiger partial charge in [-0.15, -0.1) is 0 Å². The molecular formula is C82H84BN3. The van der Waals surface area contributed by atoms with Gasteiger partial charge in [0.2, 0.25) is 0 Å². The van der Waals surface area contributed by atoms with Gasteiger partial charge in [0.25, 0.3) is 0 Å². The van der Waals surface area contributed by atoms with Crippen molar-refractivity contribution in [3.05, 3.63) is 250 Å². The molecule has 0 bridgehead atoms. The molecule has 4 heteroatoms. The summed E-state index contributed by atoms with van der Waals surface area (Å²) in [4.78, 5) is 7.92. The van der Waals surface area contributed by atoms with Crippen molar-refractivity contribution in [2.75, 3.05) is 14.6 Å². The Morgan fingerprint density at radius 1 is 0.372 bits per heavy atom. The predicted molar refractivity (Wildman–Crippen MR) is 372 cm³/mol. The lowest BCUT2D eigenvalue weighted by Crippen LogP contribution is -2.63. The standard InChI is InChI=1S/C82H84BN3/c1-51-45-52(2)74(53(3)46-51)55-47-68-65-41-40-63(84(60-34-27-56(28-35-60)78(4,5)6)61-36-29-57(30-37-61)79(7,8)9)50-72(65)86(62-38-31-58(32-39-62)80(10,11)12)83-76(68)73(48-55)85(70-43-33-59(81(13,14)15)49-67(70)54-23-19-18-20-24-54)71-44-42-66-64-25-21-22-26-69(64)82(16,17)75(66)77(71)83/h18-50H,1-17H3. The van der Waals surface area contributed by atoms with E-state index in [1.54, 1.807) is 0 Å². The second-order valence-electron chi connectivity index (χ2n) is 29.7. The van der Waals surface area contributed by atoms with E-state index in [-0.39, 0.29) is 33.9 Å². The maximum absolute atomic E-state index is 2.75. The van der Waals surface area contributed by atoms with Crippen LogP contribution in [0.2, 0.25) is 0 Å². The van der Waals surface area contributed by atoms with Gasteiger partial charge in [-0.1, -0.05) is 224 Å². The minimum Gasteiger partial charge on any atom is -0.376 e. The zero-order chi connectivity index (χ0) is 60.7. The molecule has 0 aromatic heterocycles. The lowest BCUT2D eigenvalue weighted by molar-refractivity contribution is 0.590. The van der Waals surface area contributed by atoms with Crippen molar-refractivity contribution in [2.24, 2.45) is 0 Å². The van der Waals surface area contributed by atoms with Crippen LogP contribution in [0.4, 0.5) is 45.5 Å². The monoisotopic (exact) mass is 1120 g/mol. The molecule has 3 nitrogen and oxygen atoms in total. The summed E-state index contributed by atoms with van der Waals surface area (Å²) in [6.07, 6.45) is 0. The van der Waals surface area contributed by atoms with Crippen molar-refractivity contribution >= 4 is 63.3 Å². The SMILES string of the molecule is Cc1cc(C)c(-c2cc3c4c(c2)N(c2ccc(C(C)(C)C)cc2-c2ccccc2)c2ccc5c(c2B4N(c2ccc(C(C)(C)C)cc2)c2cc(N(c4ccc(C(C)(C)C)cc4)c4ccc(C(C)(C)C)cc4)ccc2-3)C(C)(C)c2ccccc2-5)c(C)c1. The highest BCUT2D eigenvalue weighted by Crippen LogP contribution is 2.56. The summed E-state index contributed by atoms with van der Waals surface area (Å²) < 4.78 is 0. The average Bonchev–Trinajstić information content (AvgIpc) is 1.11. The zero-order valence-corrected chi connectivity index (χ0v) is 54.0. The summed E-state index contributed by atoms with van der Waals surface area (Å²) in [7, 11) is 0. The Balaban J connectivity index is 1.18. The molecule has 0 N–H and O–H groups in total. The first-order valence-corrected chi connectivity index (χ1v) is 31.3. The fraction of sp³-hybridized carbons (Fsp3) is 0.268. The summed E-state index contributed by atoms with van der Waals surface area (Å²) >= 11 is 0. The molecular weight excluding hydrogens is 1040 g/mol. The third-order valence-corrected chi connectivity index (χ3v) is 19.1. The molecule has 0 saturated carbocycles. The van der Waals surface area contributed by atoms with Crippen molar-refractivity contribution in [1.82, 2.24) is 0 Å². The molecule has 2 heterocycles. The first-order valence-electron chi connectivity index (χ1n) is 31.3. The van der Waals surface area contributed by atoms with E-state index in [2.05, 4.69) is 333 Å². The van der Waals surface area contributed by atoms with Gasteiger partial charge in [0.05, 0.1) is 5.69 Å².